The molecule has 0 atom stereocenters. The Morgan fingerprint density at radius 1 is 0.522 bits per heavy atom. The zero-order chi connectivity index (χ0) is 32.1. The molecular weight excluding hydrogens is 553 g/mol. The van der Waals surface area contributed by atoms with Crippen LogP contribution in [0, 0.1) is 13.8 Å². The monoisotopic (exact) mass is 608 g/mol. The van der Waals surface area contributed by atoms with E-state index in [0.29, 0.717) is 11.8 Å². The van der Waals surface area contributed by atoms with E-state index in [-0.39, 0.29) is 10.8 Å². The van der Waals surface area contributed by atoms with Crippen LogP contribution >= 0.6 is 0 Å². The average molecular weight is 609 g/mol. The Morgan fingerprint density at radius 3 is 1.22 bits per heavy atom. The molecule has 4 aromatic carbocycles. The van der Waals surface area contributed by atoms with Gasteiger partial charge in [0.2, 0.25) is 0 Å². The molecule has 0 radical (unpaired) electrons. The van der Waals surface area contributed by atoms with E-state index in [1.165, 1.54) is 97.6 Å². The van der Waals surface area contributed by atoms with Gasteiger partial charge in [0.15, 0.2) is 0 Å². The Labute approximate surface area is 280 Å². The Balaban J connectivity index is 1.39. The van der Waals surface area contributed by atoms with Crippen LogP contribution in [0.1, 0.15) is 147 Å². The Bertz CT molecular complexity index is 1560. The van der Waals surface area contributed by atoms with E-state index in [2.05, 4.69) is 114 Å². The Kier molecular flexibility index (Phi) is 8.54. The summed E-state index contributed by atoms with van der Waals surface area (Å²) < 4.78 is 0. The fourth-order valence-electron chi connectivity index (χ4n) is 10.4. The van der Waals surface area contributed by atoms with Crippen LogP contribution in [0.4, 0.5) is 0 Å². The number of fused-ring (bicyclic) bond motifs is 3. The first-order chi connectivity index (χ1) is 22.4. The average Bonchev–Trinajstić information content (AvgIpc) is 3.59. The van der Waals surface area contributed by atoms with Crippen LogP contribution < -0.4 is 0 Å². The van der Waals surface area contributed by atoms with Crippen LogP contribution in [-0.4, -0.2) is 0 Å². The summed E-state index contributed by atoms with van der Waals surface area (Å²) in [5, 5.41) is 0. The van der Waals surface area contributed by atoms with Crippen LogP contribution in [0.5, 0.6) is 0 Å². The third-order valence-electron chi connectivity index (χ3n) is 12.9. The van der Waals surface area contributed by atoms with Crippen molar-refractivity contribution in [2.24, 2.45) is 0 Å². The number of aryl methyl sites for hydroxylation is 6. The van der Waals surface area contributed by atoms with E-state index in [0.717, 1.165) is 12.8 Å². The van der Waals surface area contributed by atoms with Gasteiger partial charge in [-0.15, -0.1) is 0 Å². The smallest absolute Gasteiger partial charge is 0.00683 e. The van der Waals surface area contributed by atoms with Crippen molar-refractivity contribution in [2.75, 3.05) is 0 Å². The quantitative estimate of drug-likeness (QED) is 0.168. The highest BCUT2D eigenvalue weighted by molar-refractivity contribution is 5.81. The third-order valence-corrected chi connectivity index (χ3v) is 12.9. The van der Waals surface area contributed by atoms with Crippen LogP contribution in [-0.2, 0) is 36.5 Å². The summed E-state index contributed by atoms with van der Waals surface area (Å²) in [6.45, 7) is 14.0. The molecule has 0 aromatic heterocycles. The van der Waals surface area contributed by atoms with Gasteiger partial charge in [0.05, 0.1) is 0 Å². The topological polar surface area (TPSA) is 0 Å². The first-order valence-electron chi connectivity index (χ1n) is 18.8. The van der Waals surface area contributed by atoms with E-state index in [4.69, 9.17) is 0 Å². The van der Waals surface area contributed by atoms with Crippen molar-refractivity contribution < 1.29 is 0 Å². The fourth-order valence-corrected chi connectivity index (χ4v) is 10.4. The molecule has 46 heavy (non-hydrogen) atoms. The summed E-state index contributed by atoms with van der Waals surface area (Å²) in [6, 6.07) is 30.3. The van der Waals surface area contributed by atoms with Crippen LogP contribution in [0.25, 0.3) is 11.1 Å². The molecule has 0 nitrogen and oxygen atoms in total. The molecule has 7 rings (SSSR count). The highest BCUT2D eigenvalue weighted by atomic mass is 14.7. The molecule has 2 saturated carbocycles. The standard InChI is InChI=1S/C46H56/c1-7-11-13-33-15-19-37(20-16-33)39-27-45-29-40(38-21-17-34(18-22-38)14-12-8-2)30-46(45,28-39)44-24-32(6)36(10-4)26-42(44)41-25-35(9-3)31(5)23-43(41)45/h15-26,39-40H,7-14,27-30H2,1-6H3. The predicted molar refractivity (Wildman–Crippen MR) is 198 cm³/mol. The van der Waals surface area contributed by atoms with Crippen LogP contribution in [0.15, 0.2) is 72.8 Å². The molecule has 2 fully saturated rings. The van der Waals surface area contributed by atoms with Crippen molar-refractivity contribution in [3.8, 4) is 11.1 Å². The summed E-state index contributed by atoms with van der Waals surface area (Å²) in [5.41, 5.74) is 18.9. The lowest BCUT2D eigenvalue weighted by atomic mass is 9.55. The van der Waals surface area contributed by atoms with Gasteiger partial charge in [0.25, 0.3) is 0 Å². The molecule has 4 aromatic rings. The van der Waals surface area contributed by atoms with Gasteiger partial charge in [0, 0.05) is 10.8 Å². The molecule has 0 amide bonds. The maximum Gasteiger partial charge on any atom is 0.00683 e. The molecule has 0 unspecified atom stereocenters. The largest absolute Gasteiger partial charge is 0.0654 e. The number of hydrogen-bond acceptors (Lipinski definition) is 0. The molecule has 0 N–H and O–H groups in total. The van der Waals surface area contributed by atoms with E-state index in [9.17, 15) is 0 Å². The van der Waals surface area contributed by atoms with E-state index >= 15 is 0 Å². The summed E-state index contributed by atoms with van der Waals surface area (Å²) in [6.07, 6.45) is 14.7. The molecule has 0 spiro atoms. The normalized spacial score (nSPS) is 24.4. The van der Waals surface area contributed by atoms with Crippen molar-refractivity contribution in [3.63, 3.8) is 0 Å². The second-order valence-corrected chi connectivity index (χ2v) is 15.4. The van der Waals surface area contributed by atoms with Gasteiger partial charge in [-0.05, 0) is 157 Å². The Hall–Kier alpha value is -3.12. The van der Waals surface area contributed by atoms with Crippen LogP contribution in [0.3, 0.4) is 0 Å². The van der Waals surface area contributed by atoms with Crippen molar-refractivity contribution in [2.45, 2.75) is 141 Å². The molecule has 0 bridgehead atoms. The molecule has 0 aliphatic heterocycles. The van der Waals surface area contributed by atoms with Gasteiger partial charge in [-0.2, -0.15) is 0 Å². The second kappa shape index (κ2) is 12.5. The van der Waals surface area contributed by atoms with Crippen molar-refractivity contribution in [3.05, 3.63) is 128 Å². The third kappa shape index (κ3) is 5.01. The lowest BCUT2D eigenvalue weighted by Gasteiger charge is -2.48. The van der Waals surface area contributed by atoms with Crippen molar-refractivity contribution in [1.82, 2.24) is 0 Å². The summed E-state index contributed by atoms with van der Waals surface area (Å²) in [4.78, 5) is 0. The van der Waals surface area contributed by atoms with Gasteiger partial charge >= 0.3 is 0 Å². The highest BCUT2D eigenvalue weighted by Crippen LogP contribution is 2.74. The van der Waals surface area contributed by atoms with Crippen molar-refractivity contribution in [1.29, 1.82) is 0 Å². The second-order valence-electron chi connectivity index (χ2n) is 15.4. The van der Waals surface area contributed by atoms with Crippen LogP contribution in [0.2, 0.25) is 0 Å². The summed E-state index contributed by atoms with van der Waals surface area (Å²) >= 11 is 0. The van der Waals surface area contributed by atoms with E-state index in [1.54, 1.807) is 33.4 Å². The fraction of sp³-hybridized carbons (Fsp3) is 0.478. The SMILES string of the molecule is CCCCc1ccc(C2CC34CC(c5ccc(CCCC)cc5)CC3(C2)c2cc(C)c(CC)cc2-c2cc(CC)c(C)cc24)cc1. The van der Waals surface area contributed by atoms with E-state index < -0.39 is 0 Å². The van der Waals surface area contributed by atoms with Gasteiger partial charge < -0.3 is 0 Å². The van der Waals surface area contributed by atoms with Crippen molar-refractivity contribution >= 4 is 0 Å². The number of benzene rings is 4. The van der Waals surface area contributed by atoms with Gasteiger partial charge in [-0.3, -0.25) is 0 Å². The molecule has 3 aliphatic rings. The first-order valence-corrected chi connectivity index (χ1v) is 18.8. The molecule has 0 saturated heterocycles. The zero-order valence-corrected chi connectivity index (χ0v) is 29.6. The van der Waals surface area contributed by atoms with Gasteiger partial charge in [0.1, 0.15) is 0 Å². The highest BCUT2D eigenvalue weighted by Gasteiger charge is 2.67. The minimum Gasteiger partial charge on any atom is -0.0654 e. The predicted octanol–water partition coefficient (Wildman–Crippen LogP) is 12.4. The van der Waals surface area contributed by atoms with Gasteiger partial charge in [-0.25, -0.2) is 0 Å². The van der Waals surface area contributed by atoms with Gasteiger partial charge in [-0.1, -0.05) is 113 Å². The molecule has 3 aliphatic carbocycles. The molecule has 240 valence electrons. The summed E-state index contributed by atoms with van der Waals surface area (Å²) in [7, 11) is 0. The van der Waals surface area contributed by atoms with E-state index in [1.807, 2.05) is 0 Å². The molecule has 0 heterocycles. The molecular formula is C46H56. The first kappa shape index (κ1) is 31.5. The minimum absolute atomic E-state index is 0.156. The zero-order valence-electron chi connectivity index (χ0n) is 29.6. The summed E-state index contributed by atoms with van der Waals surface area (Å²) in [5.74, 6) is 1.18. The molecule has 0 heteroatoms. The minimum atomic E-state index is 0.156. The lowest BCUT2D eigenvalue weighted by Crippen LogP contribution is -2.43. The maximum atomic E-state index is 2.67. The number of rotatable bonds is 10. The number of hydrogen-bond donors (Lipinski definition) is 0. The number of unbranched alkanes of at least 4 members (excludes halogenated alkanes) is 2. The maximum absolute atomic E-state index is 2.67. The Morgan fingerprint density at radius 2 is 0.891 bits per heavy atom. The lowest BCUT2D eigenvalue weighted by molar-refractivity contribution is 0.298.